The predicted molar refractivity (Wildman–Crippen MR) is 68.8 cm³/mol. The van der Waals surface area contributed by atoms with Crippen LogP contribution in [0.5, 0.6) is 0 Å². The van der Waals surface area contributed by atoms with E-state index in [0.717, 1.165) is 0 Å². The molecule has 94 valence electrons. The van der Waals surface area contributed by atoms with E-state index < -0.39 is 5.97 Å². The Kier molecular flexibility index (Phi) is 2.49. The maximum atomic E-state index is 11.1. The second-order valence-corrected chi connectivity index (χ2v) is 4.08. The molecule has 3 heterocycles. The van der Waals surface area contributed by atoms with E-state index in [1.807, 2.05) is 18.2 Å². The highest BCUT2D eigenvalue weighted by molar-refractivity contribution is 6.03. The fraction of sp³-hybridized carbons (Fsp3) is 0.0769. The molecule has 0 radical (unpaired) electrons. The normalized spacial score (nSPS) is 10.8. The van der Waals surface area contributed by atoms with E-state index in [1.165, 1.54) is 6.20 Å². The molecule has 3 rings (SSSR count). The lowest BCUT2D eigenvalue weighted by molar-refractivity contribution is 0.0699. The average molecular weight is 254 g/mol. The van der Waals surface area contributed by atoms with E-state index in [9.17, 15) is 4.79 Å². The SMILES string of the molecule is Cc1nc(-c2ccccn2)nc2[nH]cc(C(=O)O)c12. The number of aryl methyl sites for hydroxylation is 1. The van der Waals surface area contributed by atoms with Crippen molar-refractivity contribution in [3.05, 3.63) is 41.9 Å². The third kappa shape index (κ3) is 1.83. The van der Waals surface area contributed by atoms with Crippen molar-refractivity contribution in [3.8, 4) is 11.5 Å². The van der Waals surface area contributed by atoms with Gasteiger partial charge in [0.15, 0.2) is 5.82 Å². The summed E-state index contributed by atoms with van der Waals surface area (Å²) in [6.45, 7) is 1.76. The van der Waals surface area contributed by atoms with E-state index in [1.54, 1.807) is 13.1 Å². The fourth-order valence-electron chi connectivity index (χ4n) is 1.99. The fourth-order valence-corrected chi connectivity index (χ4v) is 1.99. The molecule has 3 aromatic rings. The standard InChI is InChI=1S/C13H10N4O2/c1-7-10-8(13(18)19)6-15-12(10)17-11(16-7)9-4-2-3-5-14-9/h2-6H,1H3,(H,18,19)(H,15,16,17). The number of nitrogens with one attached hydrogen (secondary N) is 1. The van der Waals surface area contributed by atoms with Crippen molar-refractivity contribution >= 4 is 17.0 Å². The number of pyridine rings is 1. The number of aromatic amines is 1. The first-order chi connectivity index (χ1) is 9.16. The van der Waals surface area contributed by atoms with E-state index in [0.29, 0.717) is 28.2 Å². The highest BCUT2D eigenvalue weighted by Gasteiger charge is 2.16. The number of H-pyrrole nitrogens is 1. The maximum Gasteiger partial charge on any atom is 0.338 e. The van der Waals surface area contributed by atoms with Crippen LogP contribution >= 0.6 is 0 Å². The van der Waals surface area contributed by atoms with Gasteiger partial charge in [0.1, 0.15) is 11.3 Å². The first kappa shape index (κ1) is 11.3. The van der Waals surface area contributed by atoms with Crippen molar-refractivity contribution in [1.29, 1.82) is 0 Å². The first-order valence-corrected chi connectivity index (χ1v) is 5.67. The Morgan fingerprint density at radius 1 is 1.32 bits per heavy atom. The van der Waals surface area contributed by atoms with Gasteiger partial charge in [-0.3, -0.25) is 4.98 Å². The Morgan fingerprint density at radius 2 is 2.16 bits per heavy atom. The van der Waals surface area contributed by atoms with Crippen LogP contribution in [0.15, 0.2) is 30.6 Å². The average Bonchev–Trinajstić information content (AvgIpc) is 2.84. The van der Waals surface area contributed by atoms with Crippen molar-refractivity contribution in [1.82, 2.24) is 19.9 Å². The zero-order valence-corrected chi connectivity index (χ0v) is 10.1. The molecule has 2 N–H and O–H groups in total. The summed E-state index contributed by atoms with van der Waals surface area (Å²) < 4.78 is 0. The van der Waals surface area contributed by atoms with E-state index in [2.05, 4.69) is 19.9 Å². The zero-order chi connectivity index (χ0) is 13.4. The number of hydrogen-bond acceptors (Lipinski definition) is 4. The van der Waals surface area contributed by atoms with Gasteiger partial charge < -0.3 is 10.1 Å². The van der Waals surface area contributed by atoms with Crippen LogP contribution in [0.2, 0.25) is 0 Å². The highest BCUT2D eigenvalue weighted by Crippen LogP contribution is 2.22. The number of fused-ring (bicyclic) bond motifs is 1. The molecule has 3 aromatic heterocycles. The largest absolute Gasteiger partial charge is 0.478 e. The van der Waals surface area contributed by atoms with E-state index >= 15 is 0 Å². The summed E-state index contributed by atoms with van der Waals surface area (Å²) in [5.74, 6) is -0.520. The van der Waals surface area contributed by atoms with E-state index in [-0.39, 0.29) is 5.56 Å². The number of carbonyl (C=O) groups is 1. The summed E-state index contributed by atoms with van der Waals surface area (Å²) >= 11 is 0. The predicted octanol–water partition coefficient (Wildman–Crippen LogP) is 2.03. The van der Waals surface area contributed by atoms with Crippen molar-refractivity contribution in [2.75, 3.05) is 0 Å². The molecule has 0 unspecified atom stereocenters. The number of nitrogens with zero attached hydrogens (tertiary/aromatic N) is 3. The van der Waals surface area contributed by atoms with Crippen LogP contribution in [0.1, 0.15) is 16.1 Å². The van der Waals surface area contributed by atoms with Gasteiger partial charge in [0.25, 0.3) is 0 Å². The third-order valence-corrected chi connectivity index (χ3v) is 2.84. The van der Waals surface area contributed by atoms with Gasteiger partial charge in [-0.2, -0.15) is 0 Å². The summed E-state index contributed by atoms with van der Waals surface area (Å²) in [6.07, 6.45) is 3.09. The molecular weight excluding hydrogens is 244 g/mol. The molecule has 0 aliphatic carbocycles. The Hall–Kier alpha value is -2.76. The van der Waals surface area contributed by atoms with Gasteiger partial charge in [0.05, 0.1) is 16.6 Å². The third-order valence-electron chi connectivity index (χ3n) is 2.84. The lowest BCUT2D eigenvalue weighted by Gasteiger charge is -2.02. The van der Waals surface area contributed by atoms with Gasteiger partial charge in [0, 0.05) is 12.4 Å². The molecule has 0 saturated heterocycles. The van der Waals surface area contributed by atoms with E-state index in [4.69, 9.17) is 5.11 Å². The van der Waals surface area contributed by atoms with Crippen LogP contribution in [0, 0.1) is 6.92 Å². The maximum absolute atomic E-state index is 11.1. The zero-order valence-electron chi connectivity index (χ0n) is 10.1. The van der Waals surface area contributed by atoms with Crippen molar-refractivity contribution < 1.29 is 9.90 Å². The summed E-state index contributed by atoms with van der Waals surface area (Å²) in [7, 11) is 0. The van der Waals surface area contributed by atoms with Gasteiger partial charge in [-0.1, -0.05) is 6.07 Å². The minimum absolute atomic E-state index is 0.181. The summed E-state index contributed by atoms with van der Waals surface area (Å²) in [5, 5.41) is 9.63. The number of rotatable bonds is 2. The molecule has 0 fully saturated rings. The molecule has 6 nitrogen and oxygen atoms in total. The van der Waals surface area contributed by atoms with Crippen LogP contribution in [0.3, 0.4) is 0 Å². The topological polar surface area (TPSA) is 91.8 Å². The van der Waals surface area contributed by atoms with Crippen LogP contribution in [0.25, 0.3) is 22.6 Å². The first-order valence-electron chi connectivity index (χ1n) is 5.67. The molecule has 0 aliphatic rings. The van der Waals surface area contributed by atoms with Crippen LogP contribution in [-0.4, -0.2) is 31.0 Å². The van der Waals surface area contributed by atoms with Gasteiger partial charge in [-0.15, -0.1) is 0 Å². The summed E-state index contributed by atoms with van der Waals surface area (Å²) in [4.78, 5) is 26.8. The summed E-state index contributed by atoms with van der Waals surface area (Å²) in [5.41, 5.74) is 1.95. The number of carboxylic acid groups (broad SMARTS) is 1. The molecule has 0 spiro atoms. The van der Waals surface area contributed by atoms with Crippen molar-refractivity contribution in [2.45, 2.75) is 6.92 Å². The second-order valence-electron chi connectivity index (χ2n) is 4.08. The van der Waals surface area contributed by atoms with Gasteiger partial charge in [-0.25, -0.2) is 14.8 Å². The van der Waals surface area contributed by atoms with Crippen molar-refractivity contribution in [2.24, 2.45) is 0 Å². The molecule has 6 heteroatoms. The Morgan fingerprint density at radius 3 is 2.84 bits per heavy atom. The Labute approximate surface area is 108 Å². The van der Waals surface area contributed by atoms with Crippen LogP contribution < -0.4 is 0 Å². The molecule has 19 heavy (non-hydrogen) atoms. The number of hydrogen-bond donors (Lipinski definition) is 2. The smallest absolute Gasteiger partial charge is 0.338 e. The quantitative estimate of drug-likeness (QED) is 0.730. The van der Waals surface area contributed by atoms with Crippen LogP contribution in [-0.2, 0) is 0 Å². The summed E-state index contributed by atoms with van der Waals surface area (Å²) in [6, 6.07) is 5.47. The number of aromatic nitrogens is 4. The highest BCUT2D eigenvalue weighted by atomic mass is 16.4. The molecule has 0 atom stereocenters. The van der Waals surface area contributed by atoms with Gasteiger partial charge in [0.2, 0.25) is 0 Å². The minimum atomic E-state index is -0.997. The lowest BCUT2D eigenvalue weighted by atomic mass is 10.2. The van der Waals surface area contributed by atoms with Crippen molar-refractivity contribution in [3.63, 3.8) is 0 Å². The molecule has 0 bridgehead atoms. The molecular formula is C13H10N4O2. The molecule has 0 saturated carbocycles. The second kappa shape index (κ2) is 4.16. The monoisotopic (exact) mass is 254 g/mol. The lowest BCUT2D eigenvalue weighted by Crippen LogP contribution is -1.99. The van der Waals surface area contributed by atoms with Gasteiger partial charge >= 0.3 is 5.97 Å². The number of aromatic carboxylic acids is 1. The van der Waals surface area contributed by atoms with Crippen LogP contribution in [0.4, 0.5) is 0 Å². The molecule has 0 aromatic carbocycles. The number of carboxylic acids is 1. The minimum Gasteiger partial charge on any atom is -0.478 e. The van der Waals surface area contributed by atoms with Gasteiger partial charge in [-0.05, 0) is 19.1 Å². The molecule has 0 amide bonds. The Bertz CT molecular complexity index is 765. The Balaban J connectivity index is 2.25. The molecule has 0 aliphatic heterocycles.